The largest absolute Gasteiger partial charge is 0.317 e. The normalized spacial score (nSPS) is 17.2. The second-order valence-corrected chi connectivity index (χ2v) is 5.39. The van der Waals surface area contributed by atoms with E-state index in [9.17, 15) is 0 Å². The van der Waals surface area contributed by atoms with Crippen LogP contribution in [-0.2, 0) is 6.42 Å². The SMILES string of the molecule is Clc1nc2ccccc2cc1CC1CCNCC1. The third-order valence-corrected chi connectivity index (χ3v) is 4.04. The van der Waals surface area contributed by atoms with E-state index in [4.69, 9.17) is 11.6 Å². The van der Waals surface area contributed by atoms with Crippen LogP contribution < -0.4 is 5.32 Å². The lowest BCUT2D eigenvalue weighted by Crippen LogP contribution is -2.28. The summed E-state index contributed by atoms with van der Waals surface area (Å²) in [6.45, 7) is 2.26. The molecule has 0 amide bonds. The Morgan fingerprint density at radius 3 is 2.83 bits per heavy atom. The molecular formula is C15H17ClN2. The number of nitrogens with zero attached hydrogens (tertiary/aromatic N) is 1. The number of rotatable bonds is 2. The first-order valence-electron chi connectivity index (χ1n) is 6.58. The summed E-state index contributed by atoms with van der Waals surface area (Å²) in [5.41, 5.74) is 2.18. The highest BCUT2D eigenvalue weighted by Crippen LogP contribution is 2.25. The van der Waals surface area contributed by atoms with E-state index in [-0.39, 0.29) is 0 Å². The number of piperidine rings is 1. The summed E-state index contributed by atoms with van der Waals surface area (Å²) in [7, 11) is 0. The van der Waals surface area contributed by atoms with Gasteiger partial charge in [-0.15, -0.1) is 0 Å². The van der Waals surface area contributed by atoms with Gasteiger partial charge in [0.05, 0.1) is 5.52 Å². The minimum atomic E-state index is 0.673. The predicted molar refractivity (Wildman–Crippen MR) is 76.1 cm³/mol. The Kier molecular flexibility index (Phi) is 3.48. The molecule has 0 radical (unpaired) electrons. The van der Waals surface area contributed by atoms with Gasteiger partial charge in [0, 0.05) is 5.39 Å². The van der Waals surface area contributed by atoms with E-state index in [1.165, 1.54) is 23.8 Å². The first-order valence-corrected chi connectivity index (χ1v) is 6.95. The van der Waals surface area contributed by atoms with Crippen LogP contribution in [0.5, 0.6) is 0 Å². The summed E-state index contributed by atoms with van der Waals surface area (Å²) < 4.78 is 0. The van der Waals surface area contributed by atoms with E-state index in [2.05, 4.69) is 22.4 Å². The van der Waals surface area contributed by atoms with Crippen LogP contribution in [-0.4, -0.2) is 18.1 Å². The van der Waals surface area contributed by atoms with Crippen molar-refractivity contribution in [3.63, 3.8) is 0 Å². The maximum absolute atomic E-state index is 6.30. The van der Waals surface area contributed by atoms with Crippen molar-refractivity contribution in [2.75, 3.05) is 13.1 Å². The lowest BCUT2D eigenvalue weighted by atomic mass is 9.91. The third-order valence-electron chi connectivity index (χ3n) is 3.72. The van der Waals surface area contributed by atoms with Crippen LogP contribution in [0.15, 0.2) is 30.3 Å². The van der Waals surface area contributed by atoms with Crippen molar-refractivity contribution in [1.82, 2.24) is 10.3 Å². The Morgan fingerprint density at radius 1 is 1.22 bits per heavy atom. The van der Waals surface area contributed by atoms with E-state index in [0.29, 0.717) is 5.15 Å². The number of hydrogen-bond acceptors (Lipinski definition) is 2. The van der Waals surface area contributed by atoms with Crippen LogP contribution in [0, 0.1) is 5.92 Å². The van der Waals surface area contributed by atoms with Crippen molar-refractivity contribution < 1.29 is 0 Å². The molecule has 2 heterocycles. The maximum Gasteiger partial charge on any atom is 0.132 e. The van der Waals surface area contributed by atoms with E-state index >= 15 is 0 Å². The molecule has 0 bridgehead atoms. The Hall–Kier alpha value is -1.12. The molecule has 0 spiro atoms. The van der Waals surface area contributed by atoms with Gasteiger partial charge in [-0.05, 0) is 56.0 Å². The molecule has 2 aromatic rings. The fourth-order valence-corrected chi connectivity index (χ4v) is 2.90. The summed E-state index contributed by atoms with van der Waals surface area (Å²) in [5, 5.41) is 5.26. The second kappa shape index (κ2) is 5.25. The molecule has 0 aliphatic carbocycles. The van der Waals surface area contributed by atoms with Crippen LogP contribution in [0.2, 0.25) is 5.15 Å². The van der Waals surface area contributed by atoms with Crippen LogP contribution in [0.3, 0.4) is 0 Å². The van der Waals surface area contributed by atoms with Crippen LogP contribution in [0.1, 0.15) is 18.4 Å². The minimum Gasteiger partial charge on any atom is -0.317 e. The van der Waals surface area contributed by atoms with Gasteiger partial charge in [0.15, 0.2) is 0 Å². The lowest BCUT2D eigenvalue weighted by molar-refractivity contribution is 0.372. The first kappa shape index (κ1) is 11.9. The number of hydrogen-bond donors (Lipinski definition) is 1. The van der Waals surface area contributed by atoms with Gasteiger partial charge in [-0.1, -0.05) is 29.8 Å². The Balaban J connectivity index is 1.88. The zero-order valence-corrected chi connectivity index (χ0v) is 11.1. The topological polar surface area (TPSA) is 24.9 Å². The summed E-state index contributed by atoms with van der Waals surface area (Å²) >= 11 is 6.30. The zero-order valence-electron chi connectivity index (χ0n) is 10.3. The van der Waals surface area contributed by atoms with Gasteiger partial charge >= 0.3 is 0 Å². The number of halogens is 1. The fourth-order valence-electron chi connectivity index (χ4n) is 2.68. The molecule has 0 saturated carbocycles. The van der Waals surface area contributed by atoms with Crippen molar-refractivity contribution in [1.29, 1.82) is 0 Å². The van der Waals surface area contributed by atoms with Crippen molar-refractivity contribution in [2.45, 2.75) is 19.3 Å². The molecule has 3 rings (SSSR count). The Labute approximate surface area is 112 Å². The summed E-state index contributed by atoms with van der Waals surface area (Å²) in [4.78, 5) is 4.49. The average molecular weight is 261 g/mol. The highest BCUT2D eigenvalue weighted by atomic mass is 35.5. The number of fused-ring (bicyclic) bond motifs is 1. The smallest absolute Gasteiger partial charge is 0.132 e. The molecule has 0 atom stereocenters. The molecule has 0 unspecified atom stereocenters. The predicted octanol–water partition coefficient (Wildman–Crippen LogP) is 3.43. The van der Waals surface area contributed by atoms with E-state index in [1.54, 1.807) is 0 Å². The van der Waals surface area contributed by atoms with Crippen molar-refractivity contribution in [3.8, 4) is 0 Å². The molecular weight excluding hydrogens is 244 g/mol. The number of pyridine rings is 1. The summed E-state index contributed by atoms with van der Waals surface area (Å²) in [5.74, 6) is 0.742. The highest BCUT2D eigenvalue weighted by molar-refractivity contribution is 6.30. The standard InChI is InChI=1S/C15H17ClN2/c16-15-13(9-11-5-7-17-8-6-11)10-12-3-1-2-4-14(12)18-15/h1-4,10-11,17H,5-9H2. The van der Waals surface area contributed by atoms with Gasteiger partial charge in [-0.2, -0.15) is 0 Å². The summed E-state index contributed by atoms with van der Waals surface area (Å²) in [6, 6.07) is 10.4. The van der Waals surface area contributed by atoms with Gasteiger partial charge in [0.25, 0.3) is 0 Å². The average Bonchev–Trinajstić information content (AvgIpc) is 2.41. The molecule has 1 N–H and O–H groups in total. The molecule has 3 heteroatoms. The molecule has 94 valence electrons. The fraction of sp³-hybridized carbons (Fsp3) is 0.400. The second-order valence-electron chi connectivity index (χ2n) is 5.03. The van der Waals surface area contributed by atoms with Gasteiger partial charge in [-0.25, -0.2) is 4.98 Å². The molecule has 2 nitrogen and oxygen atoms in total. The molecule has 1 aliphatic rings. The van der Waals surface area contributed by atoms with Crippen LogP contribution in [0.25, 0.3) is 10.9 Å². The van der Waals surface area contributed by atoms with Crippen LogP contribution in [0.4, 0.5) is 0 Å². The van der Waals surface area contributed by atoms with Gasteiger partial charge in [-0.3, -0.25) is 0 Å². The number of benzene rings is 1. The molecule has 1 fully saturated rings. The quantitative estimate of drug-likeness (QED) is 0.837. The van der Waals surface area contributed by atoms with Crippen molar-refractivity contribution >= 4 is 22.5 Å². The van der Waals surface area contributed by atoms with Crippen molar-refractivity contribution in [3.05, 3.63) is 41.0 Å². The van der Waals surface area contributed by atoms with Gasteiger partial charge in [0.1, 0.15) is 5.15 Å². The van der Waals surface area contributed by atoms with Gasteiger partial charge < -0.3 is 5.32 Å². The molecule has 1 saturated heterocycles. The van der Waals surface area contributed by atoms with Gasteiger partial charge in [0.2, 0.25) is 0 Å². The Morgan fingerprint density at radius 2 is 2.00 bits per heavy atom. The molecule has 18 heavy (non-hydrogen) atoms. The first-order chi connectivity index (χ1) is 8.83. The van der Waals surface area contributed by atoms with Crippen molar-refractivity contribution in [2.24, 2.45) is 5.92 Å². The zero-order chi connectivity index (χ0) is 12.4. The van der Waals surface area contributed by atoms with Crippen LogP contribution >= 0.6 is 11.6 Å². The number of nitrogens with one attached hydrogen (secondary N) is 1. The third kappa shape index (κ3) is 2.50. The maximum atomic E-state index is 6.30. The van der Waals surface area contributed by atoms with E-state index in [1.807, 2.05) is 18.2 Å². The molecule has 1 aromatic heterocycles. The minimum absolute atomic E-state index is 0.673. The summed E-state index contributed by atoms with van der Waals surface area (Å²) in [6.07, 6.45) is 3.53. The Bertz CT molecular complexity index is 547. The lowest BCUT2D eigenvalue weighted by Gasteiger charge is -2.22. The number of aromatic nitrogens is 1. The molecule has 1 aliphatic heterocycles. The van der Waals surface area contributed by atoms with E-state index < -0.39 is 0 Å². The van der Waals surface area contributed by atoms with E-state index in [0.717, 1.165) is 30.9 Å². The molecule has 1 aromatic carbocycles. The monoisotopic (exact) mass is 260 g/mol. The number of para-hydroxylation sites is 1. The highest BCUT2D eigenvalue weighted by Gasteiger charge is 2.15.